The van der Waals surface area contributed by atoms with Crippen molar-refractivity contribution in [3.05, 3.63) is 35.4 Å². The van der Waals surface area contributed by atoms with Crippen LogP contribution in [0, 0.1) is 0 Å². The zero-order valence-corrected chi connectivity index (χ0v) is 8.90. The maximum Gasteiger partial charge on any atom is 0.335 e. The molecule has 0 atom stereocenters. The van der Waals surface area contributed by atoms with Crippen LogP contribution in [0.4, 0.5) is 4.39 Å². The van der Waals surface area contributed by atoms with Gasteiger partial charge in [-0.1, -0.05) is 12.1 Å². The van der Waals surface area contributed by atoms with E-state index in [2.05, 4.69) is 0 Å². The third kappa shape index (κ3) is 1.80. The highest BCUT2D eigenvalue weighted by atomic mass is 19.1. The summed E-state index contributed by atoms with van der Waals surface area (Å²) in [6.07, 6.45) is 0.0339. The Kier molecular flexibility index (Phi) is 2.27. The number of halogens is 1. The summed E-state index contributed by atoms with van der Waals surface area (Å²) in [4.78, 5) is 10.7. The molecule has 0 aromatic heterocycles. The normalized spacial score (nSPS) is 33.2. The predicted octanol–water partition coefficient (Wildman–Crippen LogP) is 2.09. The number of hydrogen-bond donors (Lipinski definition) is 2. The van der Waals surface area contributed by atoms with Crippen molar-refractivity contribution in [2.45, 2.75) is 31.0 Å². The third-order valence-corrected chi connectivity index (χ3v) is 2.95. The van der Waals surface area contributed by atoms with Crippen molar-refractivity contribution in [1.82, 2.24) is 0 Å². The standard InChI is InChI=1S/C12H13FO3/c1-11(16)6-12(13,7-11)9-4-2-3-8(5-9)10(14)15/h2-5,16H,6-7H2,1H3,(H,14,15). The highest BCUT2D eigenvalue weighted by Crippen LogP contribution is 2.51. The van der Waals surface area contributed by atoms with Crippen LogP contribution in [0.5, 0.6) is 0 Å². The molecule has 1 fully saturated rings. The summed E-state index contributed by atoms with van der Waals surface area (Å²) in [6.45, 7) is 1.58. The van der Waals surface area contributed by atoms with E-state index in [1.807, 2.05) is 0 Å². The molecule has 2 N–H and O–H groups in total. The van der Waals surface area contributed by atoms with Crippen LogP contribution in [0.15, 0.2) is 24.3 Å². The predicted molar refractivity (Wildman–Crippen MR) is 56.0 cm³/mol. The monoisotopic (exact) mass is 224 g/mol. The maximum absolute atomic E-state index is 14.2. The van der Waals surface area contributed by atoms with Gasteiger partial charge in [0.15, 0.2) is 0 Å². The second-order valence-electron chi connectivity index (χ2n) is 4.70. The second-order valence-corrected chi connectivity index (χ2v) is 4.70. The molecule has 0 saturated heterocycles. The van der Waals surface area contributed by atoms with Crippen LogP contribution in [0.25, 0.3) is 0 Å². The fraction of sp³-hybridized carbons (Fsp3) is 0.417. The maximum atomic E-state index is 14.2. The summed E-state index contributed by atoms with van der Waals surface area (Å²) in [5, 5.41) is 18.3. The molecule has 0 radical (unpaired) electrons. The van der Waals surface area contributed by atoms with E-state index in [1.54, 1.807) is 13.0 Å². The molecule has 86 valence electrons. The quantitative estimate of drug-likeness (QED) is 0.808. The van der Waals surface area contributed by atoms with Crippen molar-refractivity contribution in [1.29, 1.82) is 0 Å². The molecule has 1 aliphatic rings. The Labute approximate surface area is 92.5 Å². The van der Waals surface area contributed by atoms with E-state index in [0.29, 0.717) is 5.56 Å². The first-order valence-electron chi connectivity index (χ1n) is 5.08. The van der Waals surface area contributed by atoms with Gasteiger partial charge in [-0.05, 0) is 24.6 Å². The van der Waals surface area contributed by atoms with Crippen LogP contribution in [0.2, 0.25) is 0 Å². The lowest BCUT2D eigenvalue weighted by atomic mass is 9.66. The van der Waals surface area contributed by atoms with Crippen molar-refractivity contribution in [2.24, 2.45) is 0 Å². The van der Waals surface area contributed by atoms with Gasteiger partial charge < -0.3 is 10.2 Å². The molecule has 16 heavy (non-hydrogen) atoms. The molecule has 1 aromatic rings. The lowest BCUT2D eigenvalue weighted by Crippen LogP contribution is -2.50. The summed E-state index contributed by atoms with van der Waals surface area (Å²) in [5.41, 5.74) is -2.16. The first kappa shape index (κ1) is 11.1. The van der Waals surface area contributed by atoms with Crippen molar-refractivity contribution < 1.29 is 19.4 Å². The molecule has 0 unspecified atom stereocenters. The Balaban J connectivity index is 2.29. The Bertz CT molecular complexity index is 432. The van der Waals surface area contributed by atoms with Crippen LogP contribution in [-0.4, -0.2) is 21.8 Å². The van der Waals surface area contributed by atoms with Crippen LogP contribution < -0.4 is 0 Å². The van der Waals surface area contributed by atoms with E-state index in [9.17, 15) is 14.3 Å². The molecule has 0 amide bonds. The molecule has 0 heterocycles. The molecular weight excluding hydrogens is 211 g/mol. The van der Waals surface area contributed by atoms with Crippen molar-refractivity contribution >= 4 is 5.97 Å². The minimum Gasteiger partial charge on any atom is -0.478 e. The molecule has 0 bridgehead atoms. The summed E-state index contributed by atoms with van der Waals surface area (Å²) in [7, 11) is 0. The largest absolute Gasteiger partial charge is 0.478 e. The smallest absolute Gasteiger partial charge is 0.335 e. The van der Waals surface area contributed by atoms with Gasteiger partial charge >= 0.3 is 5.97 Å². The van der Waals surface area contributed by atoms with Gasteiger partial charge in [-0.2, -0.15) is 0 Å². The third-order valence-electron chi connectivity index (χ3n) is 2.95. The van der Waals surface area contributed by atoms with E-state index in [0.717, 1.165) is 0 Å². The lowest BCUT2D eigenvalue weighted by molar-refractivity contribution is -0.133. The SMILES string of the molecule is CC1(O)CC(F)(c2cccc(C(=O)O)c2)C1. The van der Waals surface area contributed by atoms with Crippen molar-refractivity contribution in [3.8, 4) is 0 Å². The summed E-state index contributed by atoms with van der Waals surface area (Å²) >= 11 is 0. The molecule has 0 spiro atoms. The van der Waals surface area contributed by atoms with Gasteiger partial charge in [-0.25, -0.2) is 9.18 Å². The first-order valence-corrected chi connectivity index (χ1v) is 5.08. The Morgan fingerprint density at radius 3 is 2.56 bits per heavy atom. The number of rotatable bonds is 2. The van der Waals surface area contributed by atoms with E-state index in [4.69, 9.17) is 5.11 Å². The van der Waals surface area contributed by atoms with Crippen LogP contribution in [-0.2, 0) is 5.67 Å². The van der Waals surface area contributed by atoms with E-state index >= 15 is 0 Å². The van der Waals surface area contributed by atoms with Crippen molar-refractivity contribution in [2.75, 3.05) is 0 Å². The second kappa shape index (κ2) is 3.28. The topological polar surface area (TPSA) is 57.5 Å². The van der Waals surface area contributed by atoms with Crippen molar-refractivity contribution in [3.63, 3.8) is 0 Å². The minimum absolute atomic E-state index is 0.0169. The minimum atomic E-state index is -1.59. The van der Waals surface area contributed by atoms with Crippen LogP contribution in [0.3, 0.4) is 0 Å². The van der Waals surface area contributed by atoms with E-state index < -0.39 is 17.2 Å². The molecular formula is C12H13FO3. The molecule has 4 heteroatoms. The first-order chi connectivity index (χ1) is 7.32. The summed E-state index contributed by atoms with van der Waals surface area (Å²) in [5.74, 6) is -1.07. The number of hydrogen-bond acceptors (Lipinski definition) is 2. The number of benzene rings is 1. The van der Waals surface area contributed by atoms with Gasteiger partial charge in [-0.15, -0.1) is 0 Å². The zero-order chi connectivity index (χ0) is 12.0. The van der Waals surface area contributed by atoms with Crippen LogP contribution >= 0.6 is 0 Å². The fourth-order valence-corrected chi connectivity index (χ4v) is 2.29. The van der Waals surface area contributed by atoms with Gasteiger partial charge in [0.1, 0.15) is 5.67 Å². The Hall–Kier alpha value is -1.42. The molecule has 0 aliphatic heterocycles. The summed E-state index contributed by atoms with van der Waals surface area (Å²) in [6, 6.07) is 5.83. The molecule has 1 aromatic carbocycles. The highest BCUT2D eigenvalue weighted by Gasteiger charge is 2.53. The molecule has 1 aliphatic carbocycles. The number of aromatic carboxylic acids is 1. The summed E-state index contributed by atoms with van der Waals surface area (Å²) < 4.78 is 14.2. The highest BCUT2D eigenvalue weighted by molar-refractivity contribution is 5.87. The number of carboxylic acid groups (broad SMARTS) is 1. The number of aliphatic hydroxyl groups is 1. The average molecular weight is 224 g/mol. The number of alkyl halides is 1. The van der Waals surface area contributed by atoms with Gasteiger partial charge in [-0.3, -0.25) is 0 Å². The van der Waals surface area contributed by atoms with E-state index in [-0.39, 0.29) is 18.4 Å². The Morgan fingerprint density at radius 1 is 1.44 bits per heavy atom. The average Bonchev–Trinajstić information content (AvgIpc) is 2.15. The fourth-order valence-electron chi connectivity index (χ4n) is 2.29. The number of carboxylic acids is 1. The van der Waals surface area contributed by atoms with Gasteiger partial charge in [0.2, 0.25) is 0 Å². The van der Waals surface area contributed by atoms with Crippen LogP contribution in [0.1, 0.15) is 35.7 Å². The van der Waals surface area contributed by atoms with E-state index in [1.165, 1.54) is 18.2 Å². The van der Waals surface area contributed by atoms with Gasteiger partial charge in [0, 0.05) is 12.8 Å². The van der Waals surface area contributed by atoms with Gasteiger partial charge in [0.25, 0.3) is 0 Å². The Morgan fingerprint density at radius 2 is 2.06 bits per heavy atom. The van der Waals surface area contributed by atoms with Gasteiger partial charge in [0.05, 0.1) is 11.2 Å². The zero-order valence-electron chi connectivity index (χ0n) is 8.90. The number of carbonyl (C=O) groups is 1. The lowest BCUT2D eigenvalue weighted by Gasteiger charge is -2.46. The molecule has 3 nitrogen and oxygen atoms in total. The molecule has 2 rings (SSSR count). The molecule has 1 saturated carbocycles.